The van der Waals surface area contributed by atoms with Crippen molar-refractivity contribution in [1.82, 2.24) is 9.71 Å². The SMILES string of the molecule is COc1ccc(OC)c2[nH]c(=O)c(CCNS(=O)(=O)c3ccc(NC(C)=O)cc3)cc12. The van der Waals surface area contributed by atoms with E-state index in [9.17, 15) is 18.0 Å². The molecule has 0 aliphatic heterocycles. The summed E-state index contributed by atoms with van der Waals surface area (Å²) in [6.07, 6.45) is 0.175. The summed E-state index contributed by atoms with van der Waals surface area (Å²) in [6.45, 7) is 1.39. The molecule has 3 rings (SSSR count). The molecule has 2 aromatic carbocycles. The van der Waals surface area contributed by atoms with Gasteiger partial charge >= 0.3 is 0 Å². The number of methoxy groups -OCH3 is 2. The number of nitrogens with one attached hydrogen (secondary N) is 3. The van der Waals surface area contributed by atoms with E-state index in [0.717, 1.165) is 0 Å². The second kappa shape index (κ2) is 9.19. The van der Waals surface area contributed by atoms with Crippen LogP contribution in [-0.2, 0) is 21.2 Å². The Labute approximate surface area is 179 Å². The van der Waals surface area contributed by atoms with E-state index in [1.54, 1.807) is 18.2 Å². The Morgan fingerprint density at radius 1 is 1.03 bits per heavy atom. The Bertz CT molecular complexity index is 1270. The van der Waals surface area contributed by atoms with Crippen LogP contribution < -0.4 is 25.1 Å². The van der Waals surface area contributed by atoms with Crippen molar-refractivity contribution in [3.8, 4) is 11.5 Å². The average Bonchev–Trinajstić information content (AvgIpc) is 2.73. The van der Waals surface area contributed by atoms with Crippen LogP contribution in [-0.4, -0.2) is 40.1 Å². The third-order valence-corrected chi connectivity index (χ3v) is 6.10. The number of H-pyrrole nitrogens is 1. The van der Waals surface area contributed by atoms with Gasteiger partial charge in [-0.05, 0) is 48.9 Å². The van der Waals surface area contributed by atoms with Gasteiger partial charge in [0.15, 0.2) is 0 Å². The van der Waals surface area contributed by atoms with Gasteiger partial charge in [-0.25, -0.2) is 13.1 Å². The standard InChI is InChI=1S/C21H23N3O6S/c1-13(25)23-15-4-6-16(7-5-15)31(27,28)22-11-10-14-12-17-18(29-2)8-9-19(30-3)20(17)24-21(14)26/h4-9,12,22H,10-11H2,1-3H3,(H,23,25)(H,24,26). The number of pyridine rings is 1. The van der Waals surface area contributed by atoms with Crippen molar-refractivity contribution in [3.63, 3.8) is 0 Å². The van der Waals surface area contributed by atoms with Crippen LogP contribution >= 0.6 is 0 Å². The number of hydrogen-bond donors (Lipinski definition) is 3. The largest absolute Gasteiger partial charge is 0.496 e. The molecular formula is C21H23N3O6S. The van der Waals surface area contributed by atoms with Crippen molar-refractivity contribution in [3.05, 3.63) is 58.4 Å². The fourth-order valence-corrected chi connectivity index (χ4v) is 4.18. The lowest BCUT2D eigenvalue weighted by atomic mass is 10.1. The summed E-state index contributed by atoms with van der Waals surface area (Å²) in [5.74, 6) is 0.819. The van der Waals surface area contributed by atoms with E-state index in [2.05, 4.69) is 15.0 Å². The molecular weight excluding hydrogens is 422 g/mol. The van der Waals surface area contributed by atoms with Gasteiger partial charge in [0.1, 0.15) is 11.5 Å². The molecule has 1 heterocycles. The van der Waals surface area contributed by atoms with Crippen LogP contribution in [0.5, 0.6) is 11.5 Å². The predicted molar refractivity (Wildman–Crippen MR) is 117 cm³/mol. The van der Waals surface area contributed by atoms with Gasteiger partial charge in [-0.15, -0.1) is 0 Å². The zero-order chi connectivity index (χ0) is 22.6. The summed E-state index contributed by atoms with van der Waals surface area (Å²) in [6, 6.07) is 10.9. The molecule has 1 amide bonds. The van der Waals surface area contributed by atoms with Crippen molar-refractivity contribution in [2.75, 3.05) is 26.1 Å². The highest BCUT2D eigenvalue weighted by Crippen LogP contribution is 2.31. The number of benzene rings is 2. The molecule has 0 unspecified atom stereocenters. The maximum atomic E-state index is 12.5. The third kappa shape index (κ3) is 5.04. The highest BCUT2D eigenvalue weighted by molar-refractivity contribution is 7.89. The van der Waals surface area contributed by atoms with Crippen LogP contribution in [0.4, 0.5) is 5.69 Å². The number of amides is 1. The zero-order valence-corrected chi connectivity index (χ0v) is 18.1. The number of aromatic nitrogens is 1. The summed E-state index contributed by atoms with van der Waals surface area (Å²) in [4.78, 5) is 26.4. The molecule has 9 nitrogen and oxygen atoms in total. The highest BCUT2D eigenvalue weighted by atomic mass is 32.2. The van der Waals surface area contributed by atoms with E-state index in [1.807, 2.05) is 0 Å². The summed E-state index contributed by atoms with van der Waals surface area (Å²) in [7, 11) is -0.744. The van der Waals surface area contributed by atoms with Crippen LogP contribution in [0.2, 0.25) is 0 Å². The van der Waals surface area contributed by atoms with Gasteiger partial charge in [0.05, 0.1) is 24.6 Å². The first-order chi connectivity index (χ1) is 14.7. The Morgan fingerprint density at radius 3 is 2.29 bits per heavy atom. The molecule has 31 heavy (non-hydrogen) atoms. The average molecular weight is 445 g/mol. The zero-order valence-electron chi connectivity index (χ0n) is 17.3. The second-order valence-electron chi connectivity index (χ2n) is 6.74. The lowest BCUT2D eigenvalue weighted by Crippen LogP contribution is -2.27. The first kappa shape index (κ1) is 22.3. The van der Waals surface area contributed by atoms with Crippen LogP contribution in [0.15, 0.2) is 52.2 Å². The van der Waals surface area contributed by atoms with Gasteiger partial charge < -0.3 is 19.8 Å². The van der Waals surface area contributed by atoms with Crippen LogP contribution in [0.25, 0.3) is 10.9 Å². The van der Waals surface area contributed by atoms with Gasteiger partial charge in [0, 0.05) is 30.1 Å². The Kier molecular flexibility index (Phi) is 6.62. The number of ether oxygens (including phenoxy) is 2. The number of rotatable bonds is 8. The van der Waals surface area contributed by atoms with Gasteiger partial charge in [-0.1, -0.05) is 0 Å². The monoisotopic (exact) mass is 445 g/mol. The van der Waals surface area contributed by atoms with E-state index in [4.69, 9.17) is 9.47 Å². The van der Waals surface area contributed by atoms with Crippen molar-refractivity contribution < 1.29 is 22.7 Å². The van der Waals surface area contributed by atoms with Gasteiger partial charge in [0.25, 0.3) is 5.56 Å². The number of hydrogen-bond acceptors (Lipinski definition) is 6. The number of carbonyl (C=O) groups excluding carboxylic acids is 1. The van der Waals surface area contributed by atoms with Gasteiger partial charge in [-0.2, -0.15) is 0 Å². The summed E-state index contributed by atoms with van der Waals surface area (Å²) >= 11 is 0. The quantitative estimate of drug-likeness (QED) is 0.487. The molecule has 0 spiro atoms. The molecule has 3 aromatic rings. The molecule has 0 aliphatic carbocycles. The van der Waals surface area contributed by atoms with Crippen LogP contribution in [0, 0.1) is 0 Å². The van der Waals surface area contributed by atoms with Gasteiger partial charge in [-0.3, -0.25) is 9.59 Å². The Balaban J connectivity index is 1.77. The minimum Gasteiger partial charge on any atom is -0.496 e. The molecule has 0 aliphatic rings. The number of anilines is 1. The normalized spacial score (nSPS) is 11.3. The minimum atomic E-state index is -3.77. The maximum absolute atomic E-state index is 12.5. The van der Waals surface area contributed by atoms with Crippen LogP contribution in [0.3, 0.4) is 0 Å². The second-order valence-corrected chi connectivity index (χ2v) is 8.50. The van der Waals surface area contributed by atoms with Crippen molar-refractivity contribution >= 4 is 32.5 Å². The minimum absolute atomic E-state index is 0.0245. The summed E-state index contributed by atoms with van der Waals surface area (Å²) in [5, 5.41) is 3.23. The maximum Gasteiger partial charge on any atom is 0.251 e. The van der Waals surface area contributed by atoms with Crippen molar-refractivity contribution in [2.24, 2.45) is 0 Å². The fourth-order valence-electron chi connectivity index (χ4n) is 3.14. The molecule has 0 radical (unpaired) electrons. The molecule has 1 aromatic heterocycles. The van der Waals surface area contributed by atoms with E-state index < -0.39 is 10.0 Å². The molecule has 164 valence electrons. The summed E-state index contributed by atoms with van der Waals surface area (Å²) in [5.41, 5.74) is 1.08. The molecule has 0 saturated carbocycles. The van der Waals surface area contributed by atoms with E-state index in [0.29, 0.717) is 33.7 Å². The Morgan fingerprint density at radius 2 is 1.68 bits per heavy atom. The third-order valence-electron chi connectivity index (χ3n) is 4.63. The lowest BCUT2D eigenvalue weighted by Gasteiger charge is -2.11. The van der Waals surface area contributed by atoms with E-state index in [-0.39, 0.29) is 29.3 Å². The fraction of sp³-hybridized carbons (Fsp3) is 0.238. The van der Waals surface area contributed by atoms with E-state index in [1.165, 1.54) is 45.4 Å². The number of aromatic amines is 1. The number of carbonyl (C=O) groups is 1. The van der Waals surface area contributed by atoms with Crippen molar-refractivity contribution in [2.45, 2.75) is 18.2 Å². The Hall–Kier alpha value is -3.37. The molecule has 0 bridgehead atoms. The molecule has 10 heteroatoms. The van der Waals surface area contributed by atoms with E-state index >= 15 is 0 Å². The molecule has 0 fully saturated rings. The lowest BCUT2D eigenvalue weighted by molar-refractivity contribution is -0.114. The number of fused-ring (bicyclic) bond motifs is 1. The molecule has 0 saturated heterocycles. The van der Waals surface area contributed by atoms with Crippen molar-refractivity contribution in [1.29, 1.82) is 0 Å². The smallest absolute Gasteiger partial charge is 0.251 e. The topological polar surface area (TPSA) is 127 Å². The molecule has 0 atom stereocenters. The first-order valence-corrected chi connectivity index (χ1v) is 10.9. The first-order valence-electron chi connectivity index (χ1n) is 9.39. The predicted octanol–water partition coefficient (Wildman–Crippen LogP) is 2.02. The van der Waals surface area contributed by atoms with Gasteiger partial charge in [0.2, 0.25) is 15.9 Å². The molecule has 3 N–H and O–H groups in total. The number of sulfonamides is 1. The summed E-state index contributed by atoms with van der Waals surface area (Å²) < 4.78 is 38.2. The van der Waals surface area contributed by atoms with Crippen LogP contribution in [0.1, 0.15) is 12.5 Å². The highest BCUT2D eigenvalue weighted by Gasteiger charge is 2.15.